The number of piperidine rings is 1. The zero-order valence-corrected chi connectivity index (χ0v) is 17.2. The average molecular weight is 424 g/mol. The Hall–Kier alpha value is -2.43. The molecule has 0 aliphatic carbocycles. The predicted molar refractivity (Wildman–Crippen MR) is 103 cm³/mol. The van der Waals surface area contributed by atoms with E-state index in [9.17, 15) is 18.0 Å². The lowest BCUT2D eigenvalue weighted by atomic mass is 10.1. The third kappa shape index (κ3) is 4.14. The van der Waals surface area contributed by atoms with Gasteiger partial charge in [-0.25, -0.2) is 18.0 Å². The minimum Gasteiger partial charge on any atom is -0.466 e. The van der Waals surface area contributed by atoms with E-state index in [0.29, 0.717) is 13.1 Å². The van der Waals surface area contributed by atoms with Crippen molar-refractivity contribution < 1.29 is 32.2 Å². The van der Waals surface area contributed by atoms with Gasteiger partial charge in [-0.3, -0.25) is 0 Å². The highest BCUT2D eigenvalue weighted by molar-refractivity contribution is 7.89. The van der Waals surface area contributed by atoms with E-state index in [1.54, 1.807) is 18.2 Å². The van der Waals surface area contributed by atoms with Gasteiger partial charge >= 0.3 is 11.9 Å². The lowest BCUT2D eigenvalue weighted by molar-refractivity contribution is -0.140. The van der Waals surface area contributed by atoms with Crippen LogP contribution in [0.25, 0.3) is 0 Å². The molecule has 1 saturated heterocycles. The summed E-state index contributed by atoms with van der Waals surface area (Å²) in [5.41, 5.74) is 0.113. The molecule has 1 aromatic rings. The van der Waals surface area contributed by atoms with Gasteiger partial charge in [0.05, 0.1) is 32.1 Å². The quantitative estimate of drug-likeness (QED) is 0.651. The van der Waals surface area contributed by atoms with Gasteiger partial charge in [0.2, 0.25) is 10.0 Å². The second kappa shape index (κ2) is 8.93. The monoisotopic (exact) mass is 424 g/mol. The number of benzene rings is 1. The van der Waals surface area contributed by atoms with Crippen LogP contribution >= 0.6 is 0 Å². The van der Waals surface area contributed by atoms with Crippen molar-refractivity contribution in [3.05, 3.63) is 35.5 Å². The number of sulfonamides is 1. The van der Waals surface area contributed by atoms with Crippen molar-refractivity contribution in [1.29, 1.82) is 0 Å². The molecule has 29 heavy (non-hydrogen) atoms. The minimum atomic E-state index is -3.80. The molecule has 0 spiro atoms. The molecular weight excluding hydrogens is 400 g/mol. The van der Waals surface area contributed by atoms with Crippen LogP contribution in [0.2, 0.25) is 0 Å². The normalized spacial score (nSPS) is 18.5. The van der Waals surface area contributed by atoms with Crippen molar-refractivity contribution in [2.24, 2.45) is 0 Å². The zero-order valence-electron chi connectivity index (χ0n) is 16.4. The summed E-state index contributed by atoms with van der Waals surface area (Å²) in [5.74, 6) is -1.52. The van der Waals surface area contributed by atoms with Gasteiger partial charge in [0.25, 0.3) is 0 Å². The summed E-state index contributed by atoms with van der Waals surface area (Å²) < 4.78 is 43.1. The number of anilines is 1. The van der Waals surface area contributed by atoms with E-state index < -0.39 is 22.0 Å². The topological polar surface area (TPSA) is 102 Å². The van der Waals surface area contributed by atoms with E-state index >= 15 is 0 Å². The summed E-state index contributed by atoms with van der Waals surface area (Å²) in [6.07, 6.45) is 2.59. The molecule has 0 bridgehead atoms. The van der Waals surface area contributed by atoms with E-state index in [2.05, 4.69) is 0 Å². The lowest BCUT2D eigenvalue weighted by Crippen LogP contribution is -2.41. The molecule has 2 aliphatic heterocycles. The minimum absolute atomic E-state index is 0.0317. The van der Waals surface area contributed by atoms with Crippen LogP contribution in [0.3, 0.4) is 0 Å². The Bertz CT molecular complexity index is 920. The number of hydrogen-bond acceptors (Lipinski definition) is 8. The number of methoxy groups -OCH3 is 2. The third-order valence-corrected chi connectivity index (χ3v) is 6.87. The van der Waals surface area contributed by atoms with Gasteiger partial charge in [-0.05, 0) is 25.0 Å². The summed E-state index contributed by atoms with van der Waals surface area (Å²) in [4.78, 5) is 26.1. The lowest BCUT2D eigenvalue weighted by Gasteiger charge is -2.33. The molecule has 1 aromatic carbocycles. The molecule has 0 unspecified atom stereocenters. The van der Waals surface area contributed by atoms with Crippen molar-refractivity contribution in [3.63, 3.8) is 0 Å². The molecule has 1 fully saturated rings. The maximum Gasteiger partial charge on any atom is 0.355 e. The van der Waals surface area contributed by atoms with E-state index in [-0.39, 0.29) is 35.2 Å². The molecular formula is C19H24N2O7S. The van der Waals surface area contributed by atoms with Crippen molar-refractivity contribution in [2.45, 2.75) is 24.2 Å². The highest BCUT2D eigenvalue weighted by Gasteiger charge is 2.36. The number of rotatable bonds is 5. The van der Waals surface area contributed by atoms with Crippen LogP contribution in [0.5, 0.6) is 0 Å². The average Bonchev–Trinajstić information content (AvgIpc) is 2.78. The summed E-state index contributed by atoms with van der Waals surface area (Å²) in [6, 6.07) is 6.34. The second-order valence-electron chi connectivity index (χ2n) is 6.65. The molecule has 9 nitrogen and oxygen atoms in total. The Morgan fingerprint density at radius 2 is 1.66 bits per heavy atom. The Kier molecular flexibility index (Phi) is 6.56. The van der Waals surface area contributed by atoms with Crippen molar-refractivity contribution >= 4 is 27.6 Å². The van der Waals surface area contributed by atoms with Crippen LogP contribution in [0.4, 0.5) is 5.69 Å². The van der Waals surface area contributed by atoms with Crippen molar-refractivity contribution in [3.8, 4) is 0 Å². The number of hydrogen-bond donors (Lipinski definition) is 0. The predicted octanol–water partition coefficient (Wildman–Crippen LogP) is 1.26. The Balaban J connectivity index is 2.12. The Morgan fingerprint density at radius 3 is 2.31 bits per heavy atom. The summed E-state index contributed by atoms with van der Waals surface area (Å²) in [5, 5.41) is 0. The first kappa shape index (κ1) is 21.3. The smallest absolute Gasteiger partial charge is 0.355 e. The molecule has 3 rings (SSSR count). The van der Waals surface area contributed by atoms with Gasteiger partial charge in [-0.15, -0.1) is 0 Å². The van der Waals surface area contributed by atoms with Crippen LogP contribution in [-0.2, 0) is 33.8 Å². The largest absolute Gasteiger partial charge is 0.466 e. The fourth-order valence-corrected chi connectivity index (χ4v) is 5.19. The number of para-hydroxylation sites is 1. The van der Waals surface area contributed by atoms with Crippen LogP contribution in [0.1, 0.15) is 19.3 Å². The molecule has 0 aromatic heterocycles. The van der Waals surface area contributed by atoms with Gasteiger partial charge in [0, 0.05) is 13.1 Å². The standard InChI is InChI=1S/C19H24N2O7S/c1-26-18(22)14-12-28-13-21(17(14)19(23)27-2)15-8-4-5-9-16(15)29(24,25)20-10-6-3-7-11-20/h4-5,8-9H,3,6-7,10-13H2,1-2H3. The van der Waals surface area contributed by atoms with Gasteiger partial charge in [-0.1, -0.05) is 18.6 Å². The number of ether oxygens (including phenoxy) is 3. The highest BCUT2D eigenvalue weighted by Crippen LogP contribution is 2.34. The van der Waals surface area contributed by atoms with Crippen LogP contribution < -0.4 is 4.90 Å². The first-order valence-corrected chi connectivity index (χ1v) is 10.7. The zero-order chi connectivity index (χ0) is 21.0. The van der Waals surface area contributed by atoms with Gasteiger partial charge < -0.3 is 19.1 Å². The van der Waals surface area contributed by atoms with Crippen LogP contribution in [-0.4, -0.2) is 65.3 Å². The maximum atomic E-state index is 13.3. The fraction of sp³-hybridized carbons (Fsp3) is 0.474. The molecule has 0 amide bonds. The molecule has 0 N–H and O–H groups in total. The highest BCUT2D eigenvalue weighted by atomic mass is 32.2. The van der Waals surface area contributed by atoms with Crippen molar-refractivity contribution in [2.75, 3.05) is 45.5 Å². The summed E-state index contributed by atoms with van der Waals surface area (Å²) in [7, 11) is -1.41. The summed E-state index contributed by atoms with van der Waals surface area (Å²) >= 11 is 0. The second-order valence-corrected chi connectivity index (χ2v) is 8.55. The van der Waals surface area contributed by atoms with E-state index in [1.807, 2.05) is 0 Å². The Morgan fingerprint density at radius 1 is 1.00 bits per heavy atom. The molecule has 0 radical (unpaired) electrons. The van der Waals surface area contributed by atoms with Gasteiger partial charge in [0.1, 0.15) is 17.3 Å². The molecule has 0 atom stereocenters. The van der Waals surface area contributed by atoms with E-state index in [4.69, 9.17) is 14.2 Å². The molecule has 0 saturated carbocycles. The maximum absolute atomic E-state index is 13.3. The van der Waals surface area contributed by atoms with Gasteiger partial charge in [-0.2, -0.15) is 4.31 Å². The third-order valence-electron chi connectivity index (χ3n) is 4.92. The van der Waals surface area contributed by atoms with Crippen LogP contribution in [0, 0.1) is 0 Å². The molecule has 2 heterocycles. The van der Waals surface area contributed by atoms with Gasteiger partial charge in [0.15, 0.2) is 0 Å². The number of esters is 2. The number of carbonyl (C=O) groups excluding carboxylic acids is 2. The summed E-state index contributed by atoms with van der Waals surface area (Å²) in [6.45, 7) is 0.632. The number of carbonyl (C=O) groups is 2. The van der Waals surface area contributed by atoms with E-state index in [1.165, 1.54) is 29.5 Å². The Labute approximate surface area is 169 Å². The van der Waals surface area contributed by atoms with Crippen LogP contribution in [0.15, 0.2) is 40.4 Å². The number of nitrogens with zero attached hydrogens (tertiary/aromatic N) is 2. The first-order chi connectivity index (χ1) is 13.9. The van der Waals surface area contributed by atoms with Crippen molar-refractivity contribution in [1.82, 2.24) is 4.31 Å². The first-order valence-electron chi connectivity index (χ1n) is 9.26. The van der Waals surface area contributed by atoms with E-state index in [0.717, 1.165) is 19.3 Å². The molecule has 10 heteroatoms. The SMILES string of the molecule is COC(=O)C1=C(C(=O)OC)N(c2ccccc2S(=O)(=O)N2CCCCC2)COC1. The molecule has 158 valence electrons. The fourth-order valence-electron chi connectivity index (χ4n) is 3.48. The molecule has 2 aliphatic rings.